The average Bonchev–Trinajstić information content (AvgIpc) is 2.61. The molecule has 0 aliphatic carbocycles. The van der Waals surface area contributed by atoms with Crippen LogP contribution in [0.2, 0.25) is 0 Å². The van der Waals surface area contributed by atoms with Crippen LogP contribution in [0, 0.1) is 0 Å². The quantitative estimate of drug-likeness (QED) is 0.795. The summed E-state index contributed by atoms with van der Waals surface area (Å²) in [5, 5.41) is 3.36. The highest BCUT2D eigenvalue weighted by atomic mass is 16.7. The van der Waals surface area contributed by atoms with E-state index in [1.54, 1.807) is 0 Å². The van der Waals surface area contributed by atoms with Crippen molar-refractivity contribution in [3.8, 4) is 11.5 Å². The number of hydrogen-bond acceptors (Lipinski definition) is 3. The third-order valence-corrected chi connectivity index (χ3v) is 2.15. The lowest BCUT2D eigenvalue weighted by Crippen LogP contribution is -2.21. The van der Waals surface area contributed by atoms with Gasteiger partial charge in [-0.25, -0.2) is 0 Å². The van der Waals surface area contributed by atoms with Gasteiger partial charge in [0.2, 0.25) is 6.79 Å². The Kier molecular flexibility index (Phi) is 2.59. The molecule has 1 aliphatic rings. The molecule has 3 heteroatoms. The molecule has 1 aromatic rings. The summed E-state index contributed by atoms with van der Waals surface area (Å²) in [6.07, 6.45) is 0. The molecular formula is C11H15NO2. The molecule has 0 saturated heterocycles. The highest BCUT2D eigenvalue weighted by molar-refractivity contribution is 5.44. The summed E-state index contributed by atoms with van der Waals surface area (Å²) in [5.74, 6) is 1.70. The first kappa shape index (κ1) is 9.34. The SMILES string of the molecule is CC(C)NCc1ccc2c(c1)OCO2. The van der Waals surface area contributed by atoms with E-state index in [1.165, 1.54) is 5.56 Å². The number of rotatable bonds is 3. The lowest BCUT2D eigenvalue weighted by molar-refractivity contribution is 0.174. The molecule has 0 unspecified atom stereocenters. The predicted molar refractivity (Wildman–Crippen MR) is 54.5 cm³/mol. The summed E-state index contributed by atoms with van der Waals surface area (Å²) in [5.41, 5.74) is 1.22. The summed E-state index contributed by atoms with van der Waals surface area (Å²) in [7, 11) is 0. The highest BCUT2D eigenvalue weighted by Gasteiger charge is 2.12. The minimum atomic E-state index is 0.344. The Labute approximate surface area is 84.0 Å². The monoisotopic (exact) mass is 193 g/mol. The topological polar surface area (TPSA) is 30.5 Å². The van der Waals surface area contributed by atoms with Crippen LogP contribution in [0.15, 0.2) is 18.2 Å². The normalized spacial score (nSPS) is 13.6. The molecule has 2 rings (SSSR count). The van der Waals surface area contributed by atoms with Crippen molar-refractivity contribution in [1.82, 2.24) is 5.32 Å². The Bertz CT molecular complexity index is 323. The Morgan fingerprint density at radius 1 is 1.29 bits per heavy atom. The van der Waals surface area contributed by atoms with Crippen LogP contribution in [0.3, 0.4) is 0 Å². The van der Waals surface area contributed by atoms with Crippen LogP contribution < -0.4 is 14.8 Å². The molecular weight excluding hydrogens is 178 g/mol. The molecule has 1 aromatic carbocycles. The van der Waals surface area contributed by atoms with Crippen LogP contribution in [0.5, 0.6) is 11.5 Å². The molecule has 1 N–H and O–H groups in total. The fourth-order valence-corrected chi connectivity index (χ4v) is 1.37. The fraction of sp³-hybridized carbons (Fsp3) is 0.455. The predicted octanol–water partition coefficient (Wildman–Crippen LogP) is 1.91. The van der Waals surface area contributed by atoms with E-state index in [4.69, 9.17) is 9.47 Å². The van der Waals surface area contributed by atoms with Crippen LogP contribution in [0.1, 0.15) is 19.4 Å². The second-order valence-electron chi connectivity index (χ2n) is 3.72. The summed E-state index contributed by atoms with van der Waals surface area (Å²) in [6.45, 7) is 5.48. The molecule has 0 amide bonds. The molecule has 1 aliphatic heterocycles. The van der Waals surface area contributed by atoms with Gasteiger partial charge in [-0.1, -0.05) is 19.9 Å². The van der Waals surface area contributed by atoms with Gasteiger partial charge in [-0.05, 0) is 17.7 Å². The van der Waals surface area contributed by atoms with Crippen molar-refractivity contribution in [1.29, 1.82) is 0 Å². The van der Waals surface area contributed by atoms with Gasteiger partial charge >= 0.3 is 0 Å². The van der Waals surface area contributed by atoms with Gasteiger partial charge in [0.25, 0.3) is 0 Å². The molecule has 0 radical (unpaired) electrons. The van der Waals surface area contributed by atoms with E-state index in [2.05, 4.69) is 25.2 Å². The van der Waals surface area contributed by atoms with Gasteiger partial charge < -0.3 is 14.8 Å². The summed E-state index contributed by atoms with van der Waals surface area (Å²) in [4.78, 5) is 0. The zero-order valence-corrected chi connectivity index (χ0v) is 8.54. The number of hydrogen-bond donors (Lipinski definition) is 1. The van der Waals surface area contributed by atoms with Crippen molar-refractivity contribution < 1.29 is 9.47 Å². The number of ether oxygens (including phenoxy) is 2. The van der Waals surface area contributed by atoms with Crippen LogP contribution in [-0.4, -0.2) is 12.8 Å². The van der Waals surface area contributed by atoms with Crippen molar-refractivity contribution in [2.45, 2.75) is 26.4 Å². The molecule has 0 spiro atoms. The largest absolute Gasteiger partial charge is 0.454 e. The molecule has 0 atom stereocenters. The second kappa shape index (κ2) is 3.88. The van der Waals surface area contributed by atoms with Gasteiger partial charge in [0.15, 0.2) is 11.5 Å². The molecule has 1 heterocycles. The Morgan fingerprint density at radius 3 is 2.86 bits per heavy atom. The maximum absolute atomic E-state index is 5.30. The number of fused-ring (bicyclic) bond motifs is 1. The lowest BCUT2D eigenvalue weighted by Gasteiger charge is -2.08. The van der Waals surface area contributed by atoms with Crippen LogP contribution in [0.4, 0.5) is 0 Å². The maximum Gasteiger partial charge on any atom is 0.231 e. The van der Waals surface area contributed by atoms with Crippen molar-refractivity contribution in [2.75, 3.05) is 6.79 Å². The van der Waals surface area contributed by atoms with E-state index in [1.807, 2.05) is 12.1 Å². The first-order valence-corrected chi connectivity index (χ1v) is 4.87. The van der Waals surface area contributed by atoms with Gasteiger partial charge in [-0.15, -0.1) is 0 Å². The van der Waals surface area contributed by atoms with Crippen LogP contribution in [-0.2, 0) is 6.54 Å². The van der Waals surface area contributed by atoms with E-state index in [9.17, 15) is 0 Å². The minimum Gasteiger partial charge on any atom is -0.454 e. The summed E-state index contributed by atoms with van der Waals surface area (Å²) >= 11 is 0. The molecule has 0 saturated carbocycles. The van der Waals surface area contributed by atoms with E-state index in [0.29, 0.717) is 12.8 Å². The van der Waals surface area contributed by atoms with E-state index in [-0.39, 0.29) is 0 Å². The Balaban J connectivity index is 2.05. The second-order valence-corrected chi connectivity index (χ2v) is 3.72. The van der Waals surface area contributed by atoms with Crippen molar-refractivity contribution in [3.63, 3.8) is 0 Å². The molecule has 0 aromatic heterocycles. The standard InChI is InChI=1S/C11H15NO2/c1-8(2)12-6-9-3-4-10-11(5-9)14-7-13-10/h3-5,8,12H,6-7H2,1-2H3. The number of nitrogens with one attached hydrogen (secondary N) is 1. The minimum absolute atomic E-state index is 0.344. The third kappa shape index (κ3) is 1.99. The van der Waals surface area contributed by atoms with Crippen molar-refractivity contribution >= 4 is 0 Å². The number of benzene rings is 1. The molecule has 14 heavy (non-hydrogen) atoms. The Morgan fingerprint density at radius 2 is 2.07 bits per heavy atom. The highest BCUT2D eigenvalue weighted by Crippen LogP contribution is 2.32. The maximum atomic E-state index is 5.30. The Hall–Kier alpha value is -1.22. The van der Waals surface area contributed by atoms with Gasteiger partial charge in [0.1, 0.15) is 0 Å². The van der Waals surface area contributed by atoms with Crippen LogP contribution >= 0.6 is 0 Å². The zero-order chi connectivity index (χ0) is 9.97. The van der Waals surface area contributed by atoms with Crippen molar-refractivity contribution in [2.24, 2.45) is 0 Å². The zero-order valence-electron chi connectivity index (χ0n) is 8.54. The van der Waals surface area contributed by atoms with E-state index >= 15 is 0 Å². The van der Waals surface area contributed by atoms with E-state index in [0.717, 1.165) is 18.0 Å². The molecule has 76 valence electrons. The van der Waals surface area contributed by atoms with E-state index < -0.39 is 0 Å². The summed E-state index contributed by atoms with van der Waals surface area (Å²) in [6, 6.07) is 6.54. The van der Waals surface area contributed by atoms with Gasteiger partial charge in [0.05, 0.1) is 0 Å². The average molecular weight is 193 g/mol. The smallest absolute Gasteiger partial charge is 0.231 e. The fourth-order valence-electron chi connectivity index (χ4n) is 1.37. The summed E-state index contributed by atoms with van der Waals surface area (Å²) < 4.78 is 10.5. The molecule has 0 bridgehead atoms. The first-order chi connectivity index (χ1) is 6.75. The van der Waals surface area contributed by atoms with Gasteiger partial charge in [0, 0.05) is 12.6 Å². The van der Waals surface area contributed by atoms with Gasteiger partial charge in [-0.3, -0.25) is 0 Å². The van der Waals surface area contributed by atoms with Crippen LogP contribution in [0.25, 0.3) is 0 Å². The molecule has 3 nitrogen and oxygen atoms in total. The lowest BCUT2D eigenvalue weighted by atomic mass is 10.2. The third-order valence-electron chi connectivity index (χ3n) is 2.15. The molecule has 0 fully saturated rings. The van der Waals surface area contributed by atoms with Crippen molar-refractivity contribution in [3.05, 3.63) is 23.8 Å². The van der Waals surface area contributed by atoms with Gasteiger partial charge in [-0.2, -0.15) is 0 Å². The first-order valence-electron chi connectivity index (χ1n) is 4.87.